The molecule has 0 radical (unpaired) electrons. The van der Waals surface area contributed by atoms with Crippen LogP contribution in [0, 0.1) is 29.0 Å². The minimum absolute atomic E-state index is 0.258. The molecule has 0 saturated heterocycles. The molecule has 0 N–H and O–H groups in total. The fraction of sp³-hybridized carbons (Fsp3) is 0. The highest BCUT2D eigenvalue weighted by atomic mass is 19.1. The first-order chi connectivity index (χ1) is 5.34. The molecule has 0 heterocycles. The summed E-state index contributed by atoms with van der Waals surface area (Å²) in [5.41, 5.74) is 0.258. The van der Waals surface area contributed by atoms with Crippen LogP contribution in [-0.4, -0.2) is 0 Å². The first kappa shape index (κ1) is 7.31. The summed E-state index contributed by atoms with van der Waals surface area (Å²) in [6.45, 7) is 0. The van der Waals surface area contributed by atoms with Crippen LogP contribution in [0.5, 0.6) is 0 Å². The van der Waals surface area contributed by atoms with Gasteiger partial charge in [-0.2, -0.15) is 5.26 Å². The fourth-order valence-corrected chi connectivity index (χ4v) is 0.658. The van der Waals surface area contributed by atoms with E-state index in [0.717, 1.165) is 0 Å². The highest BCUT2D eigenvalue weighted by Gasteiger charge is 1.93. The molecular formula is C9H4FN. The second-order valence-electron chi connectivity index (χ2n) is 1.84. The molecule has 0 aromatic heterocycles. The summed E-state index contributed by atoms with van der Waals surface area (Å²) in [5, 5.41) is 8.07. The van der Waals surface area contributed by atoms with Crippen molar-refractivity contribution in [1.29, 1.82) is 5.26 Å². The highest BCUT2D eigenvalue weighted by molar-refractivity contribution is 5.38. The summed E-state index contributed by atoms with van der Waals surface area (Å²) in [4.78, 5) is 0. The third-order valence-corrected chi connectivity index (χ3v) is 1.13. The lowest BCUT2D eigenvalue weighted by Crippen LogP contribution is -1.79. The standard InChI is InChI=1S/C9H4FN/c10-9-6-2-1-4-8(9)5-3-7-11/h1-2,4,6H. The Morgan fingerprint density at radius 1 is 1.27 bits per heavy atom. The predicted octanol–water partition coefficient (Wildman–Crippen LogP) is 1.70. The van der Waals surface area contributed by atoms with Crippen LogP contribution in [0.1, 0.15) is 5.56 Å². The second kappa shape index (κ2) is 3.39. The van der Waals surface area contributed by atoms with Crippen LogP contribution in [0.4, 0.5) is 4.39 Å². The molecule has 0 saturated carbocycles. The average molecular weight is 145 g/mol. The van der Waals surface area contributed by atoms with Crippen LogP contribution < -0.4 is 0 Å². The summed E-state index contributed by atoms with van der Waals surface area (Å²) in [6, 6.07) is 7.70. The lowest BCUT2D eigenvalue weighted by atomic mass is 10.2. The Hall–Kier alpha value is -1.80. The van der Waals surface area contributed by atoms with Crippen LogP contribution in [0.25, 0.3) is 0 Å². The monoisotopic (exact) mass is 145 g/mol. The summed E-state index contributed by atoms with van der Waals surface area (Å²) in [6.07, 6.45) is 0. The van der Waals surface area contributed by atoms with Gasteiger partial charge in [0.15, 0.2) is 6.07 Å². The van der Waals surface area contributed by atoms with Gasteiger partial charge in [-0.15, -0.1) is 0 Å². The van der Waals surface area contributed by atoms with Crippen LogP contribution in [0.2, 0.25) is 0 Å². The van der Waals surface area contributed by atoms with Crippen molar-refractivity contribution in [2.75, 3.05) is 0 Å². The number of halogens is 1. The lowest BCUT2D eigenvalue weighted by molar-refractivity contribution is 0.624. The topological polar surface area (TPSA) is 23.8 Å². The SMILES string of the molecule is N#CC#Cc1ccccc1F. The molecule has 0 amide bonds. The summed E-state index contributed by atoms with van der Waals surface area (Å²) in [7, 11) is 0. The third kappa shape index (κ3) is 1.81. The van der Waals surface area contributed by atoms with E-state index in [1.165, 1.54) is 12.1 Å². The van der Waals surface area contributed by atoms with E-state index in [2.05, 4.69) is 11.8 Å². The molecule has 11 heavy (non-hydrogen) atoms. The Bertz CT molecular complexity index is 352. The first-order valence-electron chi connectivity index (χ1n) is 2.99. The van der Waals surface area contributed by atoms with E-state index >= 15 is 0 Å². The molecule has 0 aliphatic heterocycles. The van der Waals surface area contributed by atoms with Crippen molar-refractivity contribution < 1.29 is 4.39 Å². The zero-order chi connectivity index (χ0) is 8.10. The van der Waals surface area contributed by atoms with E-state index in [-0.39, 0.29) is 5.56 Å². The lowest BCUT2D eigenvalue weighted by Gasteiger charge is -1.89. The number of nitriles is 1. The van der Waals surface area contributed by atoms with Gasteiger partial charge in [0.25, 0.3) is 0 Å². The van der Waals surface area contributed by atoms with Gasteiger partial charge < -0.3 is 0 Å². The molecule has 0 bridgehead atoms. The Morgan fingerprint density at radius 3 is 2.64 bits per heavy atom. The van der Waals surface area contributed by atoms with Gasteiger partial charge >= 0.3 is 0 Å². The van der Waals surface area contributed by atoms with Crippen LogP contribution in [0.15, 0.2) is 24.3 Å². The van der Waals surface area contributed by atoms with Gasteiger partial charge in [0.2, 0.25) is 0 Å². The maximum atomic E-state index is 12.7. The number of hydrogen-bond acceptors (Lipinski definition) is 1. The largest absolute Gasteiger partial charge is 0.206 e. The van der Waals surface area contributed by atoms with Crippen molar-refractivity contribution in [3.63, 3.8) is 0 Å². The quantitative estimate of drug-likeness (QED) is 0.510. The normalized spacial score (nSPS) is 7.64. The van der Waals surface area contributed by atoms with Crippen molar-refractivity contribution in [3.05, 3.63) is 35.6 Å². The molecule has 0 unspecified atom stereocenters. The minimum atomic E-state index is -0.393. The van der Waals surface area contributed by atoms with E-state index in [0.29, 0.717) is 0 Å². The van der Waals surface area contributed by atoms with Crippen LogP contribution in [-0.2, 0) is 0 Å². The van der Waals surface area contributed by atoms with Crippen LogP contribution >= 0.6 is 0 Å². The molecule has 0 atom stereocenters. The summed E-state index contributed by atoms with van der Waals surface area (Å²) in [5.74, 6) is 4.10. The first-order valence-corrected chi connectivity index (χ1v) is 2.99. The molecule has 0 aliphatic carbocycles. The van der Waals surface area contributed by atoms with Crippen molar-refractivity contribution in [2.24, 2.45) is 0 Å². The maximum absolute atomic E-state index is 12.7. The number of benzene rings is 1. The van der Waals surface area contributed by atoms with Gasteiger partial charge in [0.05, 0.1) is 5.56 Å². The molecular weight excluding hydrogens is 141 g/mol. The van der Waals surface area contributed by atoms with E-state index in [4.69, 9.17) is 5.26 Å². The molecule has 2 heteroatoms. The Morgan fingerprint density at radius 2 is 2.00 bits per heavy atom. The second-order valence-corrected chi connectivity index (χ2v) is 1.84. The minimum Gasteiger partial charge on any atom is -0.206 e. The third-order valence-electron chi connectivity index (χ3n) is 1.13. The van der Waals surface area contributed by atoms with E-state index < -0.39 is 5.82 Å². The van der Waals surface area contributed by atoms with E-state index in [1.807, 2.05) is 0 Å². The maximum Gasteiger partial charge on any atom is 0.152 e. The molecule has 1 aromatic rings. The molecule has 1 nitrogen and oxygen atoms in total. The number of nitrogens with zero attached hydrogens (tertiary/aromatic N) is 1. The Kier molecular flexibility index (Phi) is 2.25. The van der Waals surface area contributed by atoms with Gasteiger partial charge in [-0.1, -0.05) is 12.1 Å². The van der Waals surface area contributed by atoms with Gasteiger partial charge in [0, 0.05) is 5.92 Å². The highest BCUT2D eigenvalue weighted by Crippen LogP contribution is 2.03. The Labute approximate surface area is 64.1 Å². The summed E-state index contributed by atoms with van der Waals surface area (Å²) < 4.78 is 12.7. The molecule has 0 spiro atoms. The van der Waals surface area contributed by atoms with Crippen molar-refractivity contribution in [2.45, 2.75) is 0 Å². The molecule has 0 aliphatic rings. The fourth-order valence-electron chi connectivity index (χ4n) is 0.658. The van der Waals surface area contributed by atoms with Gasteiger partial charge in [0.1, 0.15) is 5.82 Å². The van der Waals surface area contributed by atoms with Gasteiger partial charge in [-0.05, 0) is 18.1 Å². The van der Waals surface area contributed by atoms with Crippen molar-refractivity contribution in [3.8, 4) is 17.9 Å². The van der Waals surface area contributed by atoms with Gasteiger partial charge in [-0.3, -0.25) is 0 Å². The van der Waals surface area contributed by atoms with Crippen molar-refractivity contribution >= 4 is 0 Å². The Balaban J connectivity index is 3.07. The van der Waals surface area contributed by atoms with Crippen molar-refractivity contribution in [1.82, 2.24) is 0 Å². The number of hydrogen-bond donors (Lipinski definition) is 0. The average Bonchev–Trinajstić information content (AvgIpc) is 2.03. The molecule has 52 valence electrons. The zero-order valence-corrected chi connectivity index (χ0v) is 5.63. The molecule has 1 aromatic carbocycles. The number of rotatable bonds is 0. The molecule has 1 rings (SSSR count). The molecule has 0 fully saturated rings. The predicted molar refractivity (Wildman–Crippen MR) is 38.9 cm³/mol. The van der Waals surface area contributed by atoms with E-state index in [1.54, 1.807) is 18.2 Å². The van der Waals surface area contributed by atoms with E-state index in [9.17, 15) is 4.39 Å². The smallest absolute Gasteiger partial charge is 0.152 e. The zero-order valence-electron chi connectivity index (χ0n) is 5.63. The summed E-state index contributed by atoms with van der Waals surface area (Å²) >= 11 is 0. The van der Waals surface area contributed by atoms with Gasteiger partial charge in [-0.25, -0.2) is 4.39 Å². The van der Waals surface area contributed by atoms with Crippen LogP contribution in [0.3, 0.4) is 0 Å².